The summed E-state index contributed by atoms with van der Waals surface area (Å²) in [7, 11) is 1.56. The van der Waals surface area contributed by atoms with E-state index < -0.39 is 0 Å². The predicted octanol–water partition coefficient (Wildman–Crippen LogP) is 3.59. The van der Waals surface area contributed by atoms with Crippen LogP contribution in [0, 0.1) is 5.82 Å². The highest BCUT2D eigenvalue weighted by molar-refractivity contribution is 5.85. The first-order valence-electron chi connectivity index (χ1n) is 7.15. The molecular weight excluding hydrogens is 326 g/mol. The molecule has 1 saturated heterocycles. The van der Waals surface area contributed by atoms with E-state index in [9.17, 15) is 4.39 Å². The third-order valence-electron chi connectivity index (χ3n) is 3.80. The van der Waals surface area contributed by atoms with Crippen LogP contribution in [0.4, 0.5) is 4.39 Å². The fourth-order valence-electron chi connectivity index (χ4n) is 2.71. The second kappa shape index (κ2) is 10.8. The molecule has 2 rings (SSSR count). The van der Waals surface area contributed by atoms with Gasteiger partial charge < -0.3 is 10.1 Å². The Morgan fingerprint density at radius 1 is 1.36 bits per heavy atom. The van der Waals surface area contributed by atoms with Gasteiger partial charge in [0.05, 0.1) is 7.11 Å². The zero-order valence-corrected chi connectivity index (χ0v) is 14.5. The monoisotopic (exact) mass is 350 g/mol. The van der Waals surface area contributed by atoms with E-state index in [0.717, 1.165) is 44.6 Å². The van der Waals surface area contributed by atoms with Gasteiger partial charge in [-0.2, -0.15) is 0 Å². The van der Waals surface area contributed by atoms with Gasteiger partial charge >= 0.3 is 0 Å². The van der Waals surface area contributed by atoms with Gasteiger partial charge in [-0.3, -0.25) is 4.90 Å². The number of hydrogen-bond acceptors (Lipinski definition) is 3. The molecule has 0 spiro atoms. The van der Waals surface area contributed by atoms with Crippen LogP contribution < -0.4 is 10.1 Å². The fourth-order valence-corrected chi connectivity index (χ4v) is 2.71. The maximum Gasteiger partial charge on any atom is 0.131 e. The Bertz CT molecular complexity index is 454. The van der Waals surface area contributed by atoms with Gasteiger partial charge in [0.1, 0.15) is 11.6 Å². The number of nitrogens with one attached hydrogen (secondary N) is 1. The van der Waals surface area contributed by atoms with Crippen LogP contribution in [0.1, 0.15) is 24.4 Å². The highest BCUT2D eigenvalue weighted by Crippen LogP contribution is 2.30. The van der Waals surface area contributed by atoms with E-state index in [1.165, 1.54) is 6.07 Å². The van der Waals surface area contributed by atoms with Crippen molar-refractivity contribution in [2.24, 2.45) is 0 Å². The molecule has 0 aliphatic carbocycles. The van der Waals surface area contributed by atoms with Crippen molar-refractivity contribution in [3.63, 3.8) is 0 Å². The molecule has 0 saturated carbocycles. The van der Waals surface area contributed by atoms with Crippen LogP contribution in [0.3, 0.4) is 0 Å². The van der Waals surface area contributed by atoms with E-state index in [4.69, 9.17) is 4.74 Å². The topological polar surface area (TPSA) is 24.5 Å². The lowest BCUT2D eigenvalue weighted by Gasteiger charge is -2.35. The van der Waals surface area contributed by atoms with Crippen LogP contribution in [0.5, 0.6) is 5.75 Å². The molecule has 3 nitrogen and oxygen atoms in total. The molecule has 1 fully saturated rings. The Morgan fingerprint density at radius 3 is 2.59 bits per heavy atom. The molecule has 1 atom stereocenters. The summed E-state index contributed by atoms with van der Waals surface area (Å²) in [6, 6.07) is 5.27. The number of allylic oxidation sites excluding steroid dienone is 1. The van der Waals surface area contributed by atoms with E-state index in [2.05, 4.69) is 16.8 Å². The summed E-state index contributed by atoms with van der Waals surface area (Å²) >= 11 is 0. The minimum Gasteiger partial charge on any atom is -0.497 e. The molecule has 1 aromatic carbocycles. The van der Waals surface area contributed by atoms with Crippen molar-refractivity contribution in [1.29, 1.82) is 0 Å². The molecular formula is C16H25Cl2FN2O. The standard InChI is InChI=1S/C16H23FN2O.2ClH/c1-3-4-5-16(19-10-8-18-9-11-19)14-7-6-13(20-2)12-15(14)17;;/h3,6-7,12,16,18H,1,4-5,8-11H2,2H3;2*1H/t16-;;/m1../s1. The van der Waals surface area contributed by atoms with Gasteiger partial charge in [-0.25, -0.2) is 4.39 Å². The van der Waals surface area contributed by atoms with Crippen molar-refractivity contribution in [1.82, 2.24) is 10.2 Å². The number of benzene rings is 1. The average molecular weight is 351 g/mol. The van der Waals surface area contributed by atoms with Crippen LogP contribution in [0.25, 0.3) is 0 Å². The molecule has 0 amide bonds. The third-order valence-corrected chi connectivity index (χ3v) is 3.80. The van der Waals surface area contributed by atoms with Crippen molar-refractivity contribution >= 4 is 24.8 Å². The van der Waals surface area contributed by atoms with Gasteiger partial charge in [-0.05, 0) is 18.9 Å². The first kappa shape index (κ1) is 21.2. The first-order valence-corrected chi connectivity index (χ1v) is 7.15. The van der Waals surface area contributed by atoms with E-state index in [-0.39, 0.29) is 36.7 Å². The van der Waals surface area contributed by atoms with Crippen molar-refractivity contribution < 1.29 is 9.13 Å². The van der Waals surface area contributed by atoms with Crippen molar-refractivity contribution in [3.05, 3.63) is 42.2 Å². The second-order valence-corrected chi connectivity index (χ2v) is 5.06. The molecule has 1 aromatic rings. The van der Waals surface area contributed by atoms with Gasteiger partial charge in [0, 0.05) is 43.9 Å². The number of methoxy groups -OCH3 is 1. The average Bonchev–Trinajstić information content (AvgIpc) is 2.50. The second-order valence-electron chi connectivity index (χ2n) is 5.06. The van der Waals surface area contributed by atoms with Gasteiger partial charge in [-0.1, -0.05) is 12.1 Å². The normalized spacial score (nSPS) is 16.1. The van der Waals surface area contributed by atoms with Gasteiger partial charge in [0.25, 0.3) is 0 Å². The summed E-state index contributed by atoms with van der Waals surface area (Å²) in [6.07, 6.45) is 3.68. The van der Waals surface area contributed by atoms with E-state index in [1.54, 1.807) is 7.11 Å². The molecule has 1 heterocycles. The van der Waals surface area contributed by atoms with Crippen LogP contribution >= 0.6 is 24.8 Å². The minimum absolute atomic E-state index is 0. The highest BCUT2D eigenvalue weighted by Gasteiger charge is 2.24. The number of rotatable bonds is 6. The summed E-state index contributed by atoms with van der Waals surface area (Å²) in [5, 5.41) is 3.33. The number of piperazine rings is 1. The summed E-state index contributed by atoms with van der Waals surface area (Å²) < 4.78 is 19.4. The molecule has 0 bridgehead atoms. The minimum atomic E-state index is -0.183. The van der Waals surface area contributed by atoms with Crippen LogP contribution in [-0.4, -0.2) is 38.2 Å². The largest absolute Gasteiger partial charge is 0.497 e. The Hall–Kier alpha value is -0.810. The predicted molar refractivity (Wildman–Crippen MR) is 94.1 cm³/mol. The fraction of sp³-hybridized carbons (Fsp3) is 0.500. The first-order chi connectivity index (χ1) is 9.76. The smallest absolute Gasteiger partial charge is 0.131 e. The quantitative estimate of drug-likeness (QED) is 0.793. The summed E-state index contributed by atoms with van der Waals surface area (Å²) in [6.45, 7) is 7.60. The maximum atomic E-state index is 14.3. The molecule has 6 heteroatoms. The number of halogens is 3. The van der Waals surface area contributed by atoms with Crippen molar-refractivity contribution in [2.75, 3.05) is 33.3 Å². The molecule has 0 unspecified atom stereocenters. The molecule has 126 valence electrons. The third kappa shape index (κ3) is 5.43. The summed E-state index contributed by atoms with van der Waals surface area (Å²) in [5.41, 5.74) is 0.759. The van der Waals surface area contributed by atoms with Gasteiger partial charge in [-0.15, -0.1) is 31.4 Å². The molecule has 1 aliphatic heterocycles. The lowest BCUT2D eigenvalue weighted by atomic mass is 9.98. The van der Waals surface area contributed by atoms with E-state index in [1.807, 2.05) is 18.2 Å². The molecule has 0 radical (unpaired) electrons. The zero-order valence-electron chi connectivity index (χ0n) is 12.9. The van der Waals surface area contributed by atoms with E-state index in [0.29, 0.717) is 5.75 Å². The Kier molecular flexibility index (Phi) is 10.4. The van der Waals surface area contributed by atoms with Crippen LogP contribution in [-0.2, 0) is 0 Å². The van der Waals surface area contributed by atoms with Crippen molar-refractivity contribution in [3.8, 4) is 5.75 Å². The lowest BCUT2D eigenvalue weighted by molar-refractivity contribution is 0.163. The zero-order chi connectivity index (χ0) is 14.4. The SMILES string of the molecule is C=CCC[C@H](c1ccc(OC)cc1F)N1CCNCC1.Cl.Cl. The number of ether oxygens (including phenoxy) is 1. The Labute approximate surface area is 144 Å². The van der Waals surface area contributed by atoms with E-state index >= 15 is 0 Å². The molecule has 0 aromatic heterocycles. The van der Waals surface area contributed by atoms with Crippen molar-refractivity contribution in [2.45, 2.75) is 18.9 Å². The van der Waals surface area contributed by atoms with Gasteiger partial charge in [0.2, 0.25) is 0 Å². The Morgan fingerprint density at radius 2 is 2.05 bits per heavy atom. The highest BCUT2D eigenvalue weighted by atomic mass is 35.5. The summed E-state index contributed by atoms with van der Waals surface area (Å²) in [5.74, 6) is 0.381. The Balaban J connectivity index is 0.00000220. The summed E-state index contributed by atoms with van der Waals surface area (Å²) in [4.78, 5) is 2.35. The lowest BCUT2D eigenvalue weighted by Crippen LogP contribution is -2.45. The number of hydrogen-bond donors (Lipinski definition) is 1. The van der Waals surface area contributed by atoms with Crippen LogP contribution in [0.2, 0.25) is 0 Å². The number of nitrogens with zero attached hydrogens (tertiary/aromatic N) is 1. The van der Waals surface area contributed by atoms with Crippen LogP contribution in [0.15, 0.2) is 30.9 Å². The molecule has 1 N–H and O–H groups in total. The molecule has 22 heavy (non-hydrogen) atoms. The maximum absolute atomic E-state index is 14.3. The van der Waals surface area contributed by atoms with Gasteiger partial charge in [0.15, 0.2) is 0 Å². The molecule has 1 aliphatic rings.